The van der Waals surface area contributed by atoms with Crippen molar-refractivity contribution in [3.05, 3.63) is 41.4 Å². The molecule has 1 aliphatic rings. The number of piperidine rings is 1. The lowest BCUT2D eigenvalue weighted by Crippen LogP contribution is -2.41. The summed E-state index contributed by atoms with van der Waals surface area (Å²) in [6.07, 6.45) is 4.87. The van der Waals surface area contributed by atoms with E-state index < -0.39 is 0 Å². The highest BCUT2D eigenvalue weighted by atomic mass is 35.5. The molecule has 1 aromatic carbocycles. The Kier molecular flexibility index (Phi) is 5.05. The standard InChI is InChI=1S/C18H23ClN2O2/c1-2-18(13-22)7-9-21(10-8-18)12-17-20-11-16(23-17)14-3-5-15(19)6-4-14/h3-6,11,22H,2,7-10,12-13H2,1H3. The SMILES string of the molecule is CCC1(CO)CCN(Cc2ncc(-c3ccc(Cl)cc3)o2)CC1. The van der Waals surface area contributed by atoms with Gasteiger partial charge in [-0.05, 0) is 62.0 Å². The van der Waals surface area contributed by atoms with Crippen LogP contribution in [-0.2, 0) is 6.54 Å². The topological polar surface area (TPSA) is 49.5 Å². The number of nitrogens with zero attached hydrogens (tertiary/aromatic N) is 2. The highest BCUT2D eigenvalue weighted by Crippen LogP contribution is 2.34. The minimum atomic E-state index is 0.113. The van der Waals surface area contributed by atoms with Gasteiger partial charge >= 0.3 is 0 Å². The zero-order valence-electron chi connectivity index (χ0n) is 13.5. The zero-order chi connectivity index (χ0) is 16.3. The third-order valence-corrected chi connectivity index (χ3v) is 5.30. The number of aliphatic hydroxyl groups excluding tert-OH is 1. The lowest BCUT2D eigenvalue weighted by molar-refractivity contribution is 0.0355. The Morgan fingerprint density at radius 1 is 1.26 bits per heavy atom. The molecule has 2 aromatic rings. The predicted octanol–water partition coefficient (Wildman–Crippen LogP) is 3.98. The summed E-state index contributed by atoms with van der Waals surface area (Å²) in [6, 6.07) is 7.57. The summed E-state index contributed by atoms with van der Waals surface area (Å²) in [4.78, 5) is 6.74. The fraction of sp³-hybridized carbons (Fsp3) is 0.500. The number of aromatic nitrogens is 1. The Bertz CT molecular complexity index is 625. The molecule has 2 heterocycles. The van der Waals surface area contributed by atoms with E-state index in [-0.39, 0.29) is 12.0 Å². The van der Waals surface area contributed by atoms with Crippen LogP contribution in [0.1, 0.15) is 32.1 Å². The predicted molar refractivity (Wildman–Crippen MR) is 91.3 cm³/mol. The van der Waals surface area contributed by atoms with E-state index in [2.05, 4.69) is 16.8 Å². The molecule has 1 fully saturated rings. The highest BCUT2D eigenvalue weighted by molar-refractivity contribution is 6.30. The molecule has 1 aliphatic heterocycles. The summed E-state index contributed by atoms with van der Waals surface area (Å²) in [5, 5.41) is 10.3. The Hall–Kier alpha value is -1.36. The molecule has 1 N–H and O–H groups in total. The Morgan fingerprint density at radius 3 is 2.57 bits per heavy atom. The van der Waals surface area contributed by atoms with Crippen LogP contribution in [0, 0.1) is 5.41 Å². The van der Waals surface area contributed by atoms with E-state index in [1.54, 1.807) is 6.20 Å². The average molecular weight is 335 g/mol. The number of likely N-dealkylation sites (tertiary alicyclic amines) is 1. The van der Waals surface area contributed by atoms with Crippen LogP contribution < -0.4 is 0 Å². The number of oxazole rings is 1. The smallest absolute Gasteiger partial charge is 0.209 e. The van der Waals surface area contributed by atoms with Crippen molar-refractivity contribution in [3.8, 4) is 11.3 Å². The normalized spacial score (nSPS) is 18.2. The van der Waals surface area contributed by atoms with Gasteiger partial charge in [0, 0.05) is 17.2 Å². The largest absolute Gasteiger partial charge is 0.439 e. The summed E-state index contributed by atoms with van der Waals surface area (Å²) in [5.74, 6) is 1.51. The maximum Gasteiger partial charge on any atom is 0.209 e. The van der Waals surface area contributed by atoms with Crippen molar-refractivity contribution < 1.29 is 9.52 Å². The van der Waals surface area contributed by atoms with Crippen LogP contribution in [0.3, 0.4) is 0 Å². The number of halogens is 1. The maximum absolute atomic E-state index is 9.61. The van der Waals surface area contributed by atoms with Gasteiger partial charge in [-0.25, -0.2) is 4.98 Å². The van der Waals surface area contributed by atoms with Gasteiger partial charge in [-0.1, -0.05) is 18.5 Å². The Morgan fingerprint density at radius 2 is 1.96 bits per heavy atom. The number of hydrogen-bond donors (Lipinski definition) is 1. The van der Waals surface area contributed by atoms with Crippen LogP contribution in [-0.4, -0.2) is 34.7 Å². The second kappa shape index (κ2) is 7.04. The third kappa shape index (κ3) is 3.77. The summed E-state index contributed by atoms with van der Waals surface area (Å²) in [6.45, 7) is 5.13. The molecule has 0 saturated carbocycles. The molecular formula is C18H23ClN2O2. The van der Waals surface area contributed by atoms with E-state index in [1.165, 1.54) is 0 Å². The second-order valence-corrected chi connectivity index (χ2v) is 6.85. The number of benzene rings is 1. The van der Waals surface area contributed by atoms with Crippen LogP contribution in [0.5, 0.6) is 0 Å². The van der Waals surface area contributed by atoms with Crippen LogP contribution >= 0.6 is 11.6 Å². The van der Waals surface area contributed by atoms with E-state index in [0.29, 0.717) is 5.02 Å². The van der Waals surface area contributed by atoms with Gasteiger partial charge in [-0.3, -0.25) is 4.90 Å². The molecule has 5 heteroatoms. The van der Waals surface area contributed by atoms with Crippen molar-refractivity contribution in [1.82, 2.24) is 9.88 Å². The van der Waals surface area contributed by atoms with Crippen molar-refractivity contribution in [1.29, 1.82) is 0 Å². The van der Waals surface area contributed by atoms with Gasteiger partial charge in [0.05, 0.1) is 12.7 Å². The molecule has 3 rings (SSSR count). The van der Waals surface area contributed by atoms with Crippen molar-refractivity contribution in [2.24, 2.45) is 5.41 Å². The minimum Gasteiger partial charge on any atom is -0.439 e. The summed E-state index contributed by atoms with van der Waals surface area (Å²) in [5.41, 5.74) is 1.10. The molecule has 0 radical (unpaired) electrons. The van der Waals surface area contributed by atoms with Crippen LogP contribution in [0.15, 0.2) is 34.9 Å². The molecule has 1 saturated heterocycles. The number of hydrogen-bond acceptors (Lipinski definition) is 4. The first-order chi connectivity index (χ1) is 11.1. The summed E-state index contributed by atoms with van der Waals surface area (Å²) < 4.78 is 5.87. The molecule has 0 bridgehead atoms. The fourth-order valence-electron chi connectivity index (χ4n) is 3.13. The number of aliphatic hydroxyl groups is 1. The molecule has 0 unspecified atom stereocenters. The van der Waals surface area contributed by atoms with E-state index in [4.69, 9.17) is 16.0 Å². The van der Waals surface area contributed by atoms with Gasteiger partial charge < -0.3 is 9.52 Å². The lowest BCUT2D eigenvalue weighted by Gasteiger charge is -2.39. The van der Waals surface area contributed by atoms with Crippen molar-refractivity contribution in [2.45, 2.75) is 32.7 Å². The summed E-state index contributed by atoms with van der Waals surface area (Å²) >= 11 is 5.91. The van der Waals surface area contributed by atoms with Crippen LogP contribution in [0.4, 0.5) is 0 Å². The molecule has 4 nitrogen and oxygen atoms in total. The first kappa shape index (κ1) is 16.5. The maximum atomic E-state index is 9.61. The molecule has 23 heavy (non-hydrogen) atoms. The van der Waals surface area contributed by atoms with Crippen molar-refractivity contribution in [2.75, 3.05) is 19.7 Å². The molecule has 1 aromatic heterocycles. The molecule has 124 valence electrons. The quantitative estimate of drug-likeness (QED) is 0.898. The number of rotatable bonds is 5. The third-order valence-electron chi connectivity index (χ3n) is 5.04. The highest BCUT2D eigenvalue weighted by Gasteiger charge is 2.32. The fourth-order valence-corrected chi connectivity index (χ4v) is 3.26. The van der Waals surface area contributed by atoms with E-state index in [1.807, 2.05) is 24.3 Å². The van der Waals surface area contributed by atoms with Crippen LogP contribution in [0.2, 0.25) is 5.02 Å². The Balaban J connectivity index is 1.61. The molecule has 0 atom stereocenters. The monoisotopic (exact) mass is 334 g/mol. The molecule has 0 amide bonds. The van der Waals surface area contributed by atoms with Gasteiger partial charge in [0.15, 0.2) is 5.76 Å². The van der Waals surface area contributed by atoms with E-state index >= 15 is 0 Å². The Labute approximate surface area is 142 Å². The summed E-state index contributed by atoms with van der Waals surface area (Å²) in [7, 11) is 0. The van der Waals surface area contributed by atoms with Gasteiger partial charge in [0.2, 0.25) is 5.89 Å². The molecular weight excluding hydrogens is 312 g/mol. The van der Waals surface area contributed by atoms with Gasteiger partial charge in [0.1, 0.15) is 0 Å². The zero-order valence-corrected chi connectivity index (χ0v) is 14.2. The molecule has 0 aliphatic carbocycles. The van der Waals surface area contributed by atoms with Crippen molar-refractivity contribution >= 4 is 11.6 Å². The van der Waals surface area contributed by atoms with Crippen molar-refractivity contribution in [3.63, 3.8) is 0 Å². The molecule has 0 spiro atoms. The van der Waals surface area contributed by atoms with Gasteiger partial charge in [0.25, 0.3) is 0 Å². The van der Waals surface area contributed by atoms with Gasteiger partial charge in [-0.2, -0.15) is 0 Å². The van der Waals surface area contributed by atoms with E-state index in [0.717, 1.165) is 56.1 Å². The van der Waals surface area contributed by atoms with Crippen LogP contribution in [0.25, 0.3) is 11.3 Å². The first-order valence-electron chi connectivity index (χ1n) is 8.18. The second-order valence-electron chi connectivity index (χ2n) is 6.41. The van der Waals surface area contributed by atoms with E-state index in [9.17, 15) is 5.11 Å². The minimum absolute atomic E-state index is 0.113. The average Bonchev–Trinajstić information content (AvgIpc) is 3.05. The van der Waals surface area contributed by atoms with Gasteiger partial charge in [-0.15, -0.1) is 0 Å². The lowest BCUT2D eigenvalue weighted by atomic mass is 9.77. The first-order valence-corrected chi connectivity index (χ1v) is 8.56.